The summed E-state index contributed by atoms with van der Waals surface area (Å²) in [4.78, 5) is 0. The van der Waals surface area contributed by atoms with E-state index in [1.807, 2.05) is 0 Å². The number of nitrogens with one attached hydrogen (secondary N) is 1. The number of aryl methyl sites for hydroxylation is 2. The van der Waals surface area contributed by atoms with Crippen LogP contribution in [0.5, 0.6) is 0 Å². The molecule has 1 aliphatic rings. The van der Waals surface area contributed by atoms with Crippen LogP contribution in [0.25, 0.3) is 0 Å². The number of hydrogen-bond acceptors (Lipinski definition) is 2. The molecule has 1 aliphatic carbocycles. The van der Waals surface area contributed by atoms with E-state index in [0.29, 0.717) is 0 Å². The van der Waals surface area contributed by atoms with Crippen LogP contribution in [0.3, 0.4) is 0 Å². The van der Waals surface area contributed by atoms with E-state index < -0.39 is 5.60 Å². The van der Waals surface area contributed by atoms with Crippen LogP contribution in [-0.4, -0.2) is 17.3 Å². The first kappa shape index (κ1) is 11.6. The van der Waals surface area contributed by atoms with Crippen molar-refractivity contribution in [2.75, 3.05) is 6.54 Å². The lowest BCUT2D eigenvalue weighted by Gasteiger charge is -2.36. The highest BCUT2D eigenvalue weighted by Crippen LogP contribution is 2.30. The predicted octanol–water partition coefficient (Wildman–Crippen LogP) is 2.31. The molecule has 88 valence electrons. The standard InChI is InChI=1S/C14H21NO/c1-11-6-12(2)8-13(7-11)9-15-10-14(16)4-3-5-14/h6-8,15-16H,3-5,9-10H2,1-2H3. The van der Waals surface area contributed by atoms with Crippen molar-refractivity contribution >= 4 is 0 Å². The second-order valence-electron chi connectivity index (χ2n) is 5.18. The molecule has 1 aromatic carbocycles. The van der Waals surface area contributed by atoms with Gasteiger partial charge >= 0.3 is 0 Å². The second kappa shape index (κ2) is 4.56. The first-order valence-electron chi connectivity index (χ1n) is 6.08. The molecule has 2 rings (SSSR count). The Morgan fingerprint density at radius 2 is 1.81 bits per heavy atom. The highest BCUT2D eigenvalue weighted by Gasteiger charge is 2.33. The Balaban J connectivity index is 1.84. The van der Waals surface area contributed by atoms with Gasteiger partial charge in [0.2, 0.25) is 0 Å². The quantitative estimate of drug-likeness (QED) is 0.814. The van der Waals surface area contributed by atoms with E-state index in [4.69, 9.17) is 0 Å². The Morgan fingerprint density at radius 1 is 1.19 bits per heavy atom. The smallest absolute Gasteiger partial charge is 0.0771 e. The SMILES string of the molecule is Cc1cc(C)cc(CNCC2(O)CCC2)c1. The summed E-state index contributed by atoms with van der Waals surface area (Å²) in [5, 5.41) is 13.3. The average Bonchev–Trinajstić information content (AvgIpc) is 2.13. The maximum absolute atomic E-state index is 9.93. The Kier molecular flexibility index (Phi) is 3.31. The van der Waals surface area contributed by atoms with Crippen molar-refractivity contribution in [3.8, 4) is 0 Å². The van der Waals surface area contributed by atoms with Crippen LogP contribution in [0.2, 0.25) is 0 Å². The highest BCUT2D eigenvalue weighted by atomic mass is 16.3. The molecule has 0 spiro atoms. The van der Waals surface area contributed by atoms with Crippen LogP contribution in [0.1, 0.15) is 36.0 Å². The Hall–Kier alpha value is -0.860. The van der Waals surface area contributed by atoms with Gasteiger partial charge in [-0.05, 0) is 38.7 Å². The normalized spacial score (nSPS) is 18.2. The summed E-state index contributed by atoms with van der Waals surface area (Å²) in [7, 11) is 0. The zero-order valence-corrected chi connectivity index (χ0v) is 10.2. The van der Waals surface area contributed by atoms with Crippen molar-refractivity contribution in [1.82, 2.24) is 5.32 Å². The number of benzene rings is 1. The van der Waals surface area contributed by atoms with Crippen molar-refractivity contribution in [1.29, 1.82) is 0 Å². The predicted molar refractivity (Wildman–Crippen MR) is 66.4 cm³/mol. The van der Waals surface area contributed by atoms with E-state index in [1.54, 1.807) is 0 Å². The van der Waals surface area contributed by atoms with Gasteiger partial charge < -0.3 is 10.4 Å². The lowest BCUT2D eigenvalue weighted by molar-refractivity contribution is -0.0314. The highest BCUT2D eigenvalue weighted by molar-refractivity contribution is 5.28. The van der Waals surface area contributed by atoms with Crippen LogP contribution in [0, 0.1) is 13.8 Å². The molecule has 1 aromatic rings. The molecular formula is C14H21NO. The van der Waals surface area contributed by atoms with E-state index in [2.05, 4.69) is 37.4 Å². The van der Waals surface area contributed by atoms with Crippen LogP contribution in [0.15, 0.2) is 18.2 Å². The fourth-order valence-corrected chi connectivity index (χ4v) is 2.37. The molecule has 1 saturated carbocycles. The molecule has 0 radical (unpaired) electrons. The van der Waals surface area contributed by atoms with Gasteiger partial charge in [0.15, 0.2) is 0 Å². The second-order valence-corrected chi connectivity index (χ2v) is 5.18. The molecule has 2 nitrogen and oxygen atoms in total. The monoisotopic (exact) mass is 219 g/mol. The molecule has 0 aliphatic heterocycles. The minimum absolute atomic E-state index is 0.418. The summed E-state index contributed by atoms with van der Waals surface area (Å²) in [6, 6.07) is 6.58. The van der Waals surface area contributed by atoms with Gasteiger partial charge in [-0.25, -0.2) is 0 Å². The summed E-state index contributed by atoms with van der Waals surface area (Å²) in [5.41, 5.74) is 3.50. The molecule has 0 atom stereocenters. The molecule has 1 fully saturated rings. The van der Waals surface area contributed by atoms with Crippen molar-refractivity contribution in [2.45, 2.75) is 45.3 Å². The Labute approximate surface area is 97.7 Å². The van der Waals surface area contributed by atoms with Gasteiger partial charge in [0.25, 0.3) is 0 Å². The number of aliphatic hydroxyl groups is 1. The van der Waals surface area contributed by atoms with Crippen molar-refractivity contribution in [3.05, 3.63) is 34.9 Å². The summed E-state index contributed by atoms with van der Waals surface area (Å²) in [6.07, 6.45) is 3.07. The van der Waals surface area contributed by atoms with E-state index in [9.17, 15) is 5.11 Å². The molecule has 2 heteroatoms. The van der Waals surface area contributed by atoms with E-state index in [-0.39, 0.29) is 0 Å². The Morgan fingerprint density at radius 3 is 2.31 bits per heavy atom. The minimum Gasteiger partial charge on any atom is -0.389 e. The zero-order chi connectivity index (χ0) is 11.6. The first-order chi connectivity index (χ1) is 7.57. The van der Waals surface area contributed by atoms with Crippen LogP contribution in [-0.2, 0) is 6.54 Å². The van der Waals surface area contributed by atoms with Crippen LogP contribution >= 0.6 is 0 Å². The van der Waals surface area contributed by atoms with Crippen LogP contribution < -0.4 is 5.32 Å². The van der Waals surface area contributed by atoms with E-state index in [0.717, 1.165) is 25.9 Å². The van der Waals surface area contributed by atoms with Gasteiger partial charge in [-0.1, -0.05) is 29.3 Å². The third-order valence-corrected chi connectivity index (χ3v) is 3.35. The minimum atomic E-state index is -0.418. The molecule has 16 heavy (non-hydrogen) atoms. The largest absolute Gasteiger partial charge is 0.389 e. The van der Waals surface area contributed by atoms with Gasteiger partial charge in [0.1, 0.15) is 0 Å². The van der Waals surface area contributed by atoms with E-state index in [1.165, 1.54) is 23.1 Å². The van der Waals surface area contributed by atoms with Gasteiger partial charge in [0, 0.05) is 13.1 Å². The van der Waals surface area contributed by atoms with Gasteiger partial charge in [0.05, 0.1) is 5.60 Å². The van der Waals surface area contributed by atoms with Crippen LogP contribution in [0.4, 0.5) is 0 Å². The molecule has 0 saturated heterocycles. The fourth-order valence-electron chi connectivity index (χ4n) is 2.37. The lowest BCUT2D eigenvalue weighted by atomic mass is 9.80. The molecule has 2 N–H and O–H groups in total. The average molecular weight is 219 g/mol. The van der Waals surface area contributed by atoms with Crippen molar-refractivity contribution in [2.24, 2.45) is 0 Å². The van der Waals surface area contributed by atoms with Gasteiger partial charge in [-0.3, -0.25) is 0 Å². The Bertz CT molecular complexity index is 349. The summed E-state index contributed by atoms with van der Waals surface area (Å²) < 4.78 is 0. The lowest BCUT2D eigenvalue weighted by Crippen LogP contribution is -2.45. The fraction of sp³-hybridized carbons (Fsp3) is 0.571. The third kappa shape index (κ3) is 2.83. The summed E-state index contributed by atoms with van der Waals surface area (Å²) in [5.74, 6) is 0. The molecule has 0 aromatic heterocycles. The topological polar surface area (TPSA) is 32.3 Å². The number of hydrogen-bond donors (Lipinski definition) is 2. The molecule has 0 heterocycles. The van der Waals surface area contributed by atoms with E-state index >= 15 is 0 Å². The third-order valence-electron chi connectivity index (χ3n) is 3.35. The number of rotatable bonds is 4. The van der Waals surface area contributed by atoms with Crippen molar-refractivity contribution in [3.63, 3.8) is 0 Å². The molecule has 0 unspecified atom stereocenters. The zero-order valence-electron chi connectivity index (χ0n) is 10.2. The summed E-state index contributed by atoms with van der Waals surface area (Å²) in [6.45, 7) is 5.82. The van der Waals surface area contributed by atoms with Gasteiger partial charge in [-0.2, -0.15) is 0 Å². The molecule has 0 amide bonds. The summed E-state index contributed by atoms with van der Waals surface area (Å²) >= 11 is 0. The first-order valence-corrected chi connectivity index (χ1v) is 6.08. The van der Waals surface area contributed by atoms with Gasteiger partial charge in [-0.15, -0.1) is 0 Å². The maximum atomic E-state index is 9.93. The molecule has 0 bridgehead atoms. The maximum Gasteiger partial charge on any atom is 0.0771 e. The molecular weight excluding hydrogens is 198 g/mol. The van der Waals surface area contributed by atoms with Crippen molar-refractivity contribution < 1.29 is 5.11 Å².